The maximum atomic E-state index is 12.9. The maximum absolute atomic E-state index is 12.9. The molecule has 1 atom stereocenters. The van der Waals surface area contributed by atoms with Gasteiger partial charge in [-0.05, 0) is 36.8 Å². The van der Waals surface area contributed by atoms with E-state index in [9.17, 15) is 9.18 Å². The van der Waals surface area contributed by atoms with Crippen molar-refractivity contribution in [2.24, 2.45) is 0 Å². The zero-order valence-corrected chi connectivity index (χ0v) is 13.7. The average Bonchev–Trinajstić information content (AvgIpc) is 2.95. The molecule has 1 heterocycles. The molecule has 0 bridgehead atoms. The lowest BCUT2D eigenvalue weighted by atomic mass is 10.1. The van der Waals surface area contributed by atoms with Gasteiger partial charge in [-0.3, -0.25) is 5.21 Å². The first kappa shape index (κ1) is 17.0. The molecule has 1 aromatic carbocycles. The lowest BCUT2D eigenvalue weighted by molar-refractivity contribution is -0.0186. The Hall–Kier alpha value is -2.36. The van der Waals surface area contributed by atoms with Gasteiger partial charge in [0.05, 0.1) is 10.9 Å². The Labute approximate surface area is 138 Å². The molecular formula is C17H17FN2O2S. The van der Waals surface area contributed by atoms with E-state index in [-0.39, 0.29) is 11.9 Å². The number of carbonyl (C=O) groups is 1. The zero-order chi connectivity index (χ0) is 16.8. The van der Waals surface area contributed by atoms with Crippen LogP contribution in [0.1, 0.15) is 22.2 Å². The highest BCUT2D eigenvalue weighted by molar-refractivity contribution is 7.12. The quantitative estimate of drug-likeness (QED) is 0.515. The Kier molecular flexibility index (Phi) is 5.74. The summed E-state index contributed by atoms with van der Waals surface area (Å²) in [6, 6.07) is 9.37. The molecule has 6 heteroatoms. The van der Waals surface area contributed by atoms with Crippen LogP contribution in [-0.4, -0.2) is 29.4 Å². The summed E-state index contributed by atoms with van der Waals surface area (Å²) in [5.41, 5.74) is 1.04. The molecule has 0 aliphatic carbocycles. The van der Waals surface area contributed by atoms with Gasteiger partial charge in [0, 0.05) is 18.3 Å². The van der Waals surface area contributed by atoms with E-state index in [1.807, 2.05) is 12.1 Å². The molecule has 0 aliphatic heterocycles. The first-order chi connectivity index (χ1) is 10.9. The van der Waals surface area contributed by atoms with Crippen LogP contribution in [0.4, 0.5) is 9.18 Å². The Bertz CT molecular complexity index is 729. The van der Waals surface area contributed by atoms with Crippen LogP contribution >= 0.6 is 11.3 Å². The van der Waals surface area contributed by atoms with Crippen molar-refractivity contribution in [3.63, 3.8) is 0 Å². The Morgan fingerprint density at radius 1 is 1.35 bits per heavy atom. The fraction of sp³-hybridized carbons (Fsp3) is 0.235. The van der Waals surface area contributed by atoms with Gasteiger partial charge in [0.15, 0.2) is 0 Å². The van der Waals surface area contributed by atoms with E-state index in [0.717, 1.165) is 21.7 Å². The van der Waals surface area contributed by atoms with E-state index in [1.165, 1.54) is 19.2 Å². The SMILES string of the molecule is C[C@H](C#Cc1ccc(Cc2ccc(F)cc2)s1)NC(=O)N(C)O. The smallest absolute Gasteiger partial charge is 0.323 e. The minimum Gasteiger partial charge on any atom is -0.323 e. The second-order valence-electron chi connectivity index (χ2n) is 5.03. The number of hydroxylamine groups is 2. The van der Waals surface area contributed by atoms with Crippen molar-refractivity contribution in [1.29, 1.82) is 0 Å². The molecule has 0 radical (unpaired) electrons. The van der Waals surface area contributed by atoms with Crippen LogP contribution in [0.2, 0.25) is 0 Å². The predicted molar refractivity (Wildman–Crippen MR) is 87.9 cm³/mol. The van der Waals surface area contributed by atoms with E-state index in [1.54, 1.807) is 30.4 Å². The fourth-order valence-electron chi connectivity index (χ4n) is 1.84. The van der Waals surface area contributed by atoms with Gasteiger partial charge in [-0.2, -0.15) is 0 Å². The van der Waals surface area contributed by atoms with Gasteiger partial charge in [-0.1, -0.05) is 24.0 Å². The first-order valence-corrected chi connectivity index (χ1v) is 7.83. The number of thiophene rings is 1. The molecule has 120 valence electrons. The van der Waals surface area contributed by atoms with E-state index in [4.69, 9.17) is 5.21 Å². The molecule has 23 heavy (non-hydrogen) atoms. The number of hydrogen-bond donors (Lipinski definition) is 2. The van der Waals surface area contributed by atoms with Gasteiger partial charge in [0.1, 0.15) is 5.82 Å². The van der Waals surface area contributed by atoms with E-state index in [2.05, 4.69) is 17.2 Å². The number of benzene rings is 1. The molecule has 2 amide bonds. The van der Waals surface area contributed by atoms with Gasteiger partial charge >= 0.3 is 6.03 Å². The number of carbonyl (C=O) groups excluding carboxylic acids is 1. The second-order valence-corrected chi connectivity index (χ2v) is 6.20. The topological polar surface area (TPSA) is 52.6 Å². The highest BCUT2D eigenvalue weighted by Gasteiger charge is 2.07. The number of hydrogen-bond acceptors (Lipinski definition) is 3. The van der Waals surface area contributed by atoms with Crippen LogP contribution in [0.25, 0.3) is 0 Å². The number of amides is 2. The van der Waals surface area contributed by atoms with E-state index in [0.29, 0.717) is 5.06 Å². The summed E-state index contributed by atoms with van der Waals surface area (Å²) in [5, 5.41) is 12.0. The summed E-state index contributed by atoms with van der Waals surface area (Å²) < 4.78 is 12.9. The minimum atomic E-state index is -0.602. The molecule has 0 aliphatic rings. The van der Waals surface area contributed by atoms with E-state index < -0.39 is 6.03 Å². The van der Waals surface area contributed by atoms with Gasteiger partial charge in [0.2, 0.25) is 0 Å². The number of halogens is 1. The molecule has 0 saturated carbocycles. The third-order valence-electron chi connectivity index (χ3n) is 3.00. The van der Waals surface area contributed by atoms with Gasteiger partial charge in [-0.25, -0.2) is 14.2 Å². The number of nitrogens with one attached hydrogen (secondary N) is 1. The van der Waals surface area contributed by atoms with Crippen LogP contribution in [0.15, 0.2) is 36.4 Å². The van der Waals surface area contributed by atoms with Crippen molar-refractivity contribution in [3.8, 4) is 11.8 Å². The standard InChI is InChI=1S/C17H17FN2O2S/c1-12(19-17(21)20(2)22)3-8-15-9-10-16(23-15)11-13-4-6-14(18)7-5-13/h4-7,9-10,12,22H,11H2,1-2H3,(H,19,21)/t12-/m1/s1. The Morgan fingerprint density at radius 3 is 2.70 bits per heavy atom. The second kappa shape index (κ2) is 7.77. The summed E-state index contributed by atoms with van der Waals surface area (Å²) in [6.45, 7) is 1.74. The van der Waals surface area contributed by atoms with Crippen LogP contribution in [0.5, 0.6) is 0 Å². The van der Waals surface area contributed by atoms with Crippen molar-refractivity contribution in [2.75, 3.05) is 7.05 Å². The van der Waals surface area contributed by atoms with Crippen molar-refractivity contribution in [2.45, 2.75) is 19.4 Å². The summed E-state index contributed by atoms with van der Waals surface area (Å²) in [6.07, 6.45) is 0.730. The third-order valence-corrected chi connectivity index (χ3v) is 4.00. The van der Waals surface area contributed by atoms with Crippen LogP contribution < -0.4 is 5.32 Å². The van der Waals surface area contributed by atoms with Gasteiger partial charge in [0.25, 0.3) is 0 Å². The monoisotopic (exact) mass is 332 g/mol. The number of urea groups is 1. The third kappa shape index (κ3) is 5.40. The van der Waals surface area contributed by atoms with Crippen LogP contribution in [0, 0.1) is 17.7 Å². The molecule has 0 spiro atoms. The Morgan fingerprint density at radius 2 is 2.04 bits per heavy atom. The van der Waals surface area contributed by atoms with Crippen molar-refractivity contribution < 1.29 is 14.4 Å². The summed E-state index contributed by atoms with van der Waals surface area (Å²) in [5.74, 6) is 5.67. The number of rotatable bonds is 3. The van der Waals surface area contributed by atoms with Crippen LogP contribution in [-0.2, 0) is 6.42 Å². The first-order valence-electron chi connectivity index (χ1n) is 7.02. The van der Waals surface area contributed by atoms with Gasteiger partial charge in [-0.15, -0.1) is 11.3 Å². The maximum Gasteiger partial charge on any atom is 0.341 e. The lowest BCUT2D eigenvalue weighted by Crippen LogP contribution is -2.39. The van der Waals surface area contributed by atoms with Crippen molar-refractivity contribution in [1.82, 2.24) is 10.4 Å². The summed E-state index contributed by atoms with van der Waals surface area (Å²) in [7, 11) is 1.25. The molecular weight excluding hydrogens is 315 g/mol. The normalized spacial score (nSPS) is 11.3. The van der Waals surface area contributed by atoms with Crippen molar-refractivity contribution in [3.05, 3.63) is 57.5 Å². The lowest BCUT2D eigenvalue weighted by Gasteiger charge is -2.11. The summed E-state index contributed by atoms with van der Waals surface area (Å²) >= 11 is 1.56. The minimum absolute atomic E-state index is 0.240. The molecule has 2 rings (SSSR count). The van der Waals surface area contributed by atoms with Crippen LogP contribution in [0.3, 0.4) is 0 Å². The molecule has 2 N–H and O–H groups in total. The largest absolute Gasteiger partial charge is 0.341 e. The van der Waals surface area contributed by atoms with Crippen molar-refractivity contribution >= 4 is 17.4 Å². The summed E-state index contributed by atoms with van der Waals surface area (Å²) in [4.78, 5) is 13.3. The van der Waals surface area contributed by atoms with E-state index >= 15 is 0 Å². The molecule has 4 nitrogen and oxygen atoms in total. The molecule has 0 unspecified atom stereocenters. The fourth-order valence-corrected chi connectivity index (χ4v) is 2.74. The molecule has 0 saturated heterocycles. The number of nitrogens with zero attached hydrogens (tertiary/aromatic N) is 1. The predicted octanol–water partition coefficient (Wildman–Crippen LogP) is 3.25. The highest BCUT2D eigenvalue weighted by Crippen LogP contribution is 2.19. The molecule has 2 aromatic rings. The zero-order valence-electron chi connectivity index (χ0n) is 12.8. The molecule has 1 aromatic heterocycles. The van der Waals surface area contributed by atoms with Gasteiger partial charge < -0.3 is 5.32 Å². The average molecular weight is 332 g/mol. The Balaban J connectivity index is 1.96. The molecule has 0 fully saturated rings. The highest BCUT2D eigenvalue weighted by atomic mass is 32.1.